The SMILES string of the molecule is Cc1n[nH]c(C)c1C(=O)N1CCCC(CNCC(=O)O)C1. The van der Waals surface area contributed by atoms with E-state index in [1.807, 2.05) is 18.7 Å². The summed E-state index contributed by atoms with van der Waals surface area (Å²) in [6.07, 6.45) is 1.96. The van der Waals surface area contributed by atoms with Crippen molar-refractivity contribution in [2.45, 2.75) is 26.7 Å². The number of aromatic amines is 1. The zero-order chi connectivity index (χ0) is 15.4. The number of piperidine rings is 1. The van der Waals surface area contributed by atoms with Crippen LogP contribution in [-0.2, 0) is 4.79 Å². The van der Waals surface area contributed by atoms with Gasteiger partial charge in [-0.05, 0) is 32.6 Å². The number of aromatic nitrogens is 2. The van der Waals surface area contributed by atoms with Crippen LogP contribution in [0.3, 0.4) is 0 Å². The topological polar surface area (TPSA) is 98.3 Å². The molecule has 7 heteroatoms. The minimum Gasteiger partial charge on any atom is -0.480 e. The number of hydrogen-bond acceptors (Lipinski definition) is 4. The molecule has 1 aliphatic heterocycles. The molecule has 1 fully saturated rings. The van der Waals surface area contributed by atoms with Crippen molar-refractivity contribution in [3.8, 4) is 0 Å². The number of hydrogen-bond donors (Lipinski definition) is 3. The minimum absolute atomic E-state index is 0.0154. The Labute approximate surface area is 123 Å². The Hall–Kier alpha value is -1.89. The molecular formula is C14H22N4O3. The van der Waals surface area contributed by atoms with Gasteiger partial charge in [0, 0.05) is 25.3 Å². The van der Waals surface area contributed by atoms with Crippen LogP contribution < -0.4 is 5.32 Å². The summed E-state index contributed by atoms with van der Waals surface area (Å²) in [5.74, 6) is -0.542. The van der Waals surface area contributed by atoms with Crippen molar-refractivity contribution < 1.29 is 14.7 Å². The number of aliphatic carboxylic acids is 1. The number of carboxylic acids is 1. The van der Waals surface area contributed by atoms with Gasteiger partial charge in [-0.25, -0.2) is 0 Å². The first-order valence-corrected chi connectivity index (χ1v) is 7.22. The number of aryl methyl sites for hydroxylation is 2. The number of carbonyl (C=O) groups is 2. The molecule has 2 rings (SSSR count). The number of likely N-dealkylation sites (tertiary alicyclic amines) is 1. The Kier molecular flexibility index (Phi) is 4.95. The zero-order valence-electron chi connectivity index (χ0n) is 12.5. The normalized spacial score (nSPS) is 18.8. The largest absolute Gasteiger partial charge is 0.480 e. The monoisotopic (exact) mass is 294 g/mol. The number of carboxylic acid groups (broad SMARTS) is 1. The van der Waals surface area contributed by atoms with Gasteiger partial charge in [0.2, 0.25) is 0 Å². The fraction of sp³-hybridized carbons (Fsp3) is 0.643. The summed E-state index contributed by atoms with van der Waals surface area (Å²) in [6, 6.07) is 0. The third-order valence-corrected chi connectivity index (χ3v) is 3.86. The summed E-state index contributed by atoms with van der Waals surface area (Å²) in [6.45, 7) is 5.67. The molecule has 0 spiro atoms. The first-order chi connectivity index (χ1) is 9.99. The first-order valence-electron chi connectivity index (χ1n) is 7.22. The van der Waals surface area contributed by atoms with E-state index >= 15 is 0 Å². The molecule has 7 nitrogen and oxygen atoms in total. The van der Waals surface area contributed by atoms with Crippen LogP contribution in [0, 0.1) is 19.8 Å². The molecule has 0 aliphatic carbocycles. The predicted molar refractivity (Wildman–Crippen MR) is 77.2 cm³/mol. The number of amides is 1. The van der Waals surface area contributed by atoms with Gasteiger partial charge in [0.15, 0.2) is 0 Å². The van der Waals surface area contributed by atoms with E-state index in [0.717, 1.165) is 30.8 Å². The molecule has 0 saturated carbocycles. The maximum absolute atomic E-state index is 12.6. The van der Waals surface area contributed by atoms with Crippen molar-refractivity contribution in [1.82, 2.24) is 20.4 Å². The van der Waals surface area contributed by atoms with E-state index in [0.29, 0.717) is 24.6 Å². The lowest BCUT2D eigenvalue weighted by Crippen LogP contribution is -2.43. The van der Waals surface area contributed by atoms with Crippen LogP contribution in [0.2, 0.25) is 0 Å². The Balaban J connectivity index is 1.94. The van der Waals surface area contributed by atoms with Crippen molar-refractivity contribution in [1.29, 1.82) is 0 Å². The third kappa shape index (κ3) is 3.81. The smallest absolute Gasteiger partial charge is 0.317 e. The summed E-state index contributed by atoms with van der Waals surface area (Å²) in [5, 5.41) is 18.5. The van der Waals surface area contributed by atoms with Gasteiger partial charge < -0.3 is 15.3 Å². The number of nitrogens with zero attached hydrogens (tertiary/aromatic N) is 2. The molecule has 1 unspecified atom stereocenters. The Morgan fingerprint density at radius 3 is 2.86 bits per heavy atom. The molecule has 3 N–H and O–H groups in total. The van der Waals surface area contributed by atoms with E-state index in [-0.39, 0.29) is 12.5 Å². The fourth-order valence-corrected chi connectivity index (χ4v) is 2.82. The quantitative estimate of drug-likeness (QED) is 0.737. The van der Waals surface area contributed by atoms with E-state index in [1.165, 1.54) is 0 Å². The highest BCUT2D eigenvalue weighted by Gasteiger charge is 2.27. The van der Waals surface area contributed by atoms with Crippen molar-refractivity contribution >= 4 is 11.9 Å². The highest BCUT2D eigenvalue weighted by Crippen LogP contribution is 2.20. The van der Waals surface area contributed by atoms with Gasteiger partial charge in [-0.1, -0.05) is 0 Å². The molecule has 0 aromatic carbocycles. The minimum atomic E-state index is -0.858. The van der Waals surface area contributed by atoms with Gasteiger partial charge in [-0.15, -0.1) is 0 Å². The van der Waals surface area contributed by atoms with Gasteiger partial charge in [-0.2, -0.15) is 5.10 Å². The highest BCUT2D eigenvalue weighted by molar-refractivity contribution is 5.96. The van der Waals surface area contributed by atoms with Crippen LogP contribution in [-0.4, -0.2) is 58.3 Å². The summed E-state index contributed by atoms with van der Waals surface area (Å²) in [7, 11) is 0. The molecule has 0 bridgehead atoms. The number of H-pyrrole nitrogens is 1. The van der Waals surface area contributed by atoms with Gasteiger partial charge in [-0.3, -0.25) is 14.7 Å². The number of nitrogens with one attached hydrogen (secondary N) is 2. The van der Waals surface area contributed by atoms with E-state index in [2.05, 4.69) is 15.5 Å². The van der Waals surface area contributed by atoms with Crippen LogP contribution in [0.1, 0.15) is 34.6 Å². The van der Waals surface area contributed by atoms with E-state index in [4.69, 9.17) is 5.11 Å². The highest BCUT2D eigenvalue weighted by atomic mass is 16.4. The van der Waals surface area contributed by atoms with Gasteiger partial charge in [0.25, 0.3) is 5.91 Å². The number of rotatable bonds is 5. The molecule has 1 aliphatic rings. The van der Waals surface area contributed by atoms with E-state index < -0.39 is 5.97 Å². The summed E-state index contributed by atoms with van der Waals surface area (Å²) in [4.78, 5) is 24.9. The average Bonchev–Trinajstić information content (AvgIpc) is 2.77. The van der Waals surface area contributed by atoms with E-state index in [9.17, 15) is 9.59 Å². The molecule has 21 heavy (non-hydrogen) atoms. The van der Waals surface area contributed by atoms with Crippen LogP contribution in [0.4, 0.5) is 0 Å². The Bertz CT molecular complexity index is 507. The van der Waals surface area contributed by atoms with Crippen LogP contribution in [0.5, 0.6) is 0 Å². The molecule has 116 valence electrons. The lowest BCUT2D eigenvalue weighted by Gasteiger charge is -2.33. The summed E-state index contributed by atoms with van der Waals surface area (Å²) in [5.41, 5.74) is 2.18. The van der Waals surface area contributed by atoms with Gasteiger partial charge in [0.05, 0.1) is 17.8 Å². The lowest BCUT2D eigenvalue weighted by atomic mass is 9.97. The van der Waals surface area contributed by atoms with E-state index in [1.54, 1.807) is 0 Å². The maximum Gasteiger partial charge on any atom is 0.317 e. The Morgan fingerprint density at radius 1 is 1.48 bits per heavy atom. The molecule has 1 amide bonds. The zero-order valence-corrected chi connectivity index (χ0v) is 12.5. The third-order valence-electron chi connectivity index (χ3n) is 3.86. The van der Waals surface area contributed by atoms with Gasteiger partial charge in [0.1, 0.15) is 0 Å². The molecule has 0 radical (unpaired) electrons. The summed E-state index contributed by atoms with van der Waals surface area (Å²) >= 11 is 0. The fourth-order valence-electron chi connectivity index (χ4n) is 2.82. The molecule has 1 atom stereocenters. The Morgan fingerprint density at radius 2 is 2.24 bits per heavy atom. The van der Waals surface area contributed by atoms with Crippen molar-refractivity contribution in [3.05, 3.63) is 17.0 Å². The standard InChI is InChI=1S/C14H22N4O3/c1-9-13(10(2)17-16-9)14(21)18-5-3-4-11(8-18)6-15-7-12(19)20/h11,15H,3-8H2,1-2H3,(H,16,17)(H,19,20). The second-order valence-corrected chi connectivity index (χ2v) is 5.59. The molecule has 1 saturated heterocycles. The van der Waals surface area contributed by atoms with Crippen molar-refractivity contribution in [2.75, 3.05) is 26.2 Å². The van der Waals surface area contributed by atoms with Crippen LogP contribution >= 0.6 is 0 Å². The second-order valence-electron chi connectivity index (χ2n) is 5.59. The van der Waals surface area contributed by atoms with Crippen molar-refractivity contribution in [2.24, 2.45) is 5.92 Å². The van der Waals surface area contributed by atoms with Crippen LogP contribution in [0.15, 0.2) is 0 Å². The van der Waals surface area contributed by atoms with Gasteiger partial charge >= 0.3 is 5.97 Å². The van der Waals surface area contributed by atoms with Crippen molar-refractivity contribution in [3.63, 3.8) is 0 Å². The lowest BCUT2D eigenvalue weighted by molar-refractivity contribution is -0.136. The molecule has 2 heterocycles. The second kappa shape index (κ2) is 6.71. The first kappa shape index (κ1) is 15.5. The predicted octanol–water partition coefficient (Wildman–Crippen LogP) is 0.553. The molecule has 1 aromatic rings. The average molecular weight is 294 g/mol. The van der Waals surface area contributed by atoms with Crippen LogP contribution in [0.25, 0.3) is 0 Å². The molecular weight excluding hydrogens is 272 g/mol. The maximum atomic E-state index is 12.6. The molecule has 1 aromatic heterocycles. The summed E-state index contributed by atoms with van der Waals surface area (Å²) < 4.78 is 0. The number of carbonyl (C=O) groups excluding carboxylic acids is 1.